The molecule has 0 saturated carbocycles. The zero-order valence-corrected chi connectivity index (χ0v) is 14.7. The molecule has 1 fully saturated rings. The van der Waals surface area contributed by atoms with E-state index in [1.54, 1.807) is 21.6 Å². The summed E-state index contributed by atoms with van der Waals surface area (Å²) in [6, 6.07) is 0. The Hall–Kier alpha value is 1.03. The number of hydrogen-bond acceptors (Lipinski definition) is 5. The Morgan fingerprint density at radius 2 is 1.89 bits per heavy atom. The predicted octanol–water partition coefficient (Wildman–Crippen LogP) is 4.60. The van der Waals surface area contributed by atoms with Crippen LogP contribution < -0.4 is 0 Å². The third kappa shape index (κ3) is 5.57. The van der Waals surface area contributed by atoms with Crippen LogP contribution in [0.3, 0.4) is 0 Å². The van der Waals surface area contributed by atoms with Crippen molar-refractivity contribution >= 4 is 54.0 Å². The second-order valence-electron chi connectivity index (χ2n) is 4.03. The van der Waals surface area contributed by atoms with E-state index in [1.807, 2.05) is 33.7 Å². The summed E-state index contributed by atoms with van der Waals surface area (Å²) in [4.78, 5) is 0. The van der Waals surface area contributed by atoms with Crippen molar-refractivity contribution in [3.05, 3.63) is 25.3 Å². The van der Waals surface area contributed by atoms with Gasteiger partial charge in [-0.2, -0.15) is 0 Å². The largest absolute Gasteiger partial charge is 0.258 e. The monoisotopic (exact) mass is 340 g/mol. The van der Waals surface area contributed by atoms with E-state index in [0.717, 1.165) is 23.7 Å². The van der Waals surface area contributed by atoms with E-state index < -0.39 is 10.8 Å². The molecule has 1 rings (SSSR count). The Morgan fingerprint density at radius 1 is 1.22 bits per heavy atom. The molecule has 18 heavy (non-hydrogen) atoms. The first-order valence-electron chi connectivity index (χ1n) is 5.84. The SMILES string of the molecule is C=CCSSCC1CC(C)S(=O)C1SSCC=C. The minimum absolute atomic E-state index is 0.293. The molecule has 1 nitrogen and oxygen atoms in total. The van der Waals surface area contributed by atoms with Crippen LogP contribution in [-0.2, 0) is 10.8 Å². The van der Waals surface area contributed by atoms with E-state index in [9.17, 15) is 4.21 Å². The fourth-order valence-corrected chi connectivity index (χ4v) is 9.76. The molecule has 1 heterocycles. The van der Waals surface area contributed by atoms with Gasteiger partial charge in [0.05, 0.1) is 4.58 Å². The van der Waals surface area contributed by atoms with Gasteiger partial charge in [0.1, 0.15) is 0 Å². The lowest BCUT2D eigenvalue weighted by Gasteiger charge is -2.16. The zero-order chi connectivity index (χ0) is 13.4. The second-order valence-corrected chi connectivity index (χ2v) is 11.4. The first-order valence-corrected chi connectivity index (χ1v) is 12.0. The van der Waals surface area contributed by atoms with Gasteiger partial charge in [-0.3, -0.25) is 4.21 Å². The van der Waals surface area contributed by atoms with Gasteiger partial charge >= 0.3 is 0 Å². The van der Waals surface area contributed by atoms with E-state index in [1.165, 1.54) is 0 Å². The molecule has 0 amide bonds. The second kappa shape index (κ2) is 9.86. The molecule has 0 spiro atoms. The van der Waals surface area contributed by atoms with Crippen LogP contribution in [0.2, 0.25) is 0 Å². The van der Waals surface area contributed by atoms with Crippen LogP contribution in [0.1, 0.15) is 13.3 Å². The first-order chi connectivity index (χ1) is 8.70. The predicted molar refractivity (Wildman–Crippen MR) is 94.9 cm³/mol. The fraction of sp³-hybridized carbons (Fsp3) is 0.667. The van der Waals surface area contributed by atoms with E-state index in [-0.39, 0.29) is 0 Å². The van der Waals surface area contributed by atoms with Crippen molar-refractivity contribution in [2.24, 2.45) is 5.92 Å². The lowest BCUT2D eigenvalue weighted by molar-refractivity contribution is 0.621. The highest BCUT2D eigenvalue weighted by atomic mass is 33.1. The van der Waals surface area contributed by atoms with Crippen molar-refractivity contribution in [3.8, 4) is 0 Å². The zero-order valence-electron chi connectivity index (χ0n) is 10.6. The van der Waals surface area contributed by atoms with Crippen molar-refractivity contribution in [2.75, 3.05) is 17.3 Å². The van der Waals surface area contributed by atoms with Crippen LogP contribution in [0.15, 0.2) is 25.3 Å². The topological polar surface area (TPSA) is 17.1 Å². The molecule has 0 aromatic heterocycles. The summed E-state index contributed by atoms with van der Waals surface area (Å²) in [7, 11) is 6.62. The van der Waals surface area contributed by atoms with Crippen LogP contribution in [0.25, 0.3) is 0 Å². The Morgan fingerprint density at radius 3 is 2.56 bits per heavy atom. The molecule has 0 aliphatic carbocycles. The maximum atomic E-state index is 12.2. The molecule has 6 heteroatoms. The van der Waals surface area contributed by atoms with Gasteiger partial charge in [0.25, 0.3) is 0 Å². The van der Waals surface area contributed by atoms with Crippen LogP contribution >= 0.6 is 43.2 Å². The smallest absolute Gasteiger partial charge is 0.0944 e. The van der Waals surface area contributed by atoms with Gasteiger partial charge in [-0.05, 0) is 12.3 Å². The molecule has 0 aromatic carbocycles. The third-order valence-electron chi connectivity index (χ3n) is 2.55. The Bertz CT molecular complexity index is 294. The molecule has 1 aliphatic rings. The molecule has 1 aliphatic heterocycles. The molecule has 1 saturated heterocycles. The van der Waals surface area contributed by atoms with Crippen LogP contribution in [-0.4, -0.2) is 31.3 Å². The molecule has 104 valence electrons. The molecule has 0 aromatic rings. The Balaban J connectivity index is 2.39. The van der Waals surface area contributed by atoms with Gasteiger partial charge in [-0.15, -0.1) is 13.2 Å². The normalized spacial score (nSPS) is 31.4. The summed E-state index contributed by atoms with van der Waals surface area (Å²) < 4.78 is 12.5. The van der Waals surface area contributed by atoms with Gasteiger partial charge in [0.15, 0.2) is 0 Å². The van der Waals surface area contributed by atoms with Gasteiger partial charge in [0, 0.05) is 33.3 Å². The average Bonchev–Trinajstić information content (AvgIpc) is 2.63. The molecule has 0 radical (unpaired) electrons. The summed E-state index contributed by atoms with van der Waals surface area (Å²) in [5, 5.41) is 0.349. The van der Waals surface area contributed by atoms with E-state index >= 15 is 0 Å². The molecule has 4 atom stereocenters. The fourth-order valence-electron chi connectivity index (χ4n) is 1.70. The summed E-state index contributed by atoms with van der Waals surface area (Å²) in [5.74, 6) is 3.59. The highest BCUT2D eigenvalue weighted by molar-refractivity contribution is 8.78. The summed E-state index contributed by atoms with van der Waals surface area (Å²) in [6.45, 7) is 9.55. The number of rotatable bonds is 9. The molecule has 4 unspecified atom stereocenters. The van der Waals surface area contributed by atoms with Crippen molar-refractivity contribution in [2.45, 2.75) is 23.2 Å². The van der Waals surface area contributed by atoms with Crippen LogP contribution in [0, 0.1) is 5.92 Å². The Labute approximate surface area is 129 Å². The number of hydrogen-bond donors (Lipinski definition) is 0. The van der Waals surface area contributed by atoms with Crippen molar-refractivity contribution in [1.29, 1.82) is 0 Å². The molecule has 0 bridgehead atoms. The van der Waals surface area contributed by atoms with Crippen molar-refractivity contribution in [1.82, 2.24) is 0 Å². The van der Waals surface area contributed by atoms with E-state index in [0.29, 0.717) is 15.7 Å². The maximum Gasteiger partial charge on any atom is 0.0944 e. The van der Waals surface area contributed by atoms with Gasteiger partial charge in [0.2, 0.25) is 0 Å². The van der Waals surface area contributed by atoms with Gasteiger partial charge < -0.3 is 0 Å². The molecular formula is C12H20OS5. The Kier molecular flexibility index (Phi) is 9.36. The minimum atomic E-state index is -0.681. The summed E-state index contributed by atoms with van der Waals surface area (Å²) in [5.41, 5.74) is 0. The molecular weight excluding hydrogens is 320 g/mol. The lowest BCUT2D eigenvalue weighted by atomic mass is 10.1. The van der Waals surface area contributed by atoms with Gasteiger partial charge in [-0.1, -0.05) is 62.3 Å². The lowest BCUT2D eigenvalue weighted by Crippen LogP contribution is -2.15. The van der Waals surface area contributed by atoms with E-state index in [2.05, 4.69) is 20.1 Å². The quantitative estimate of drug-likeness (QED) is 0.345. The summed E-state index contributed by atoms with van der Waals surface area (Å²) >= 11 is 0. The first kappa shape index (κ1) is 17.1. The standard InChI is InChI=1S/C12H20OS5/c1-4-6-14-16-9-11-8-10(3)18(13)12(11)17-15-7-5-2/h4-5,10-12H,1-2,6-9H2,3H3. The van der Waals surface area contributed by atoms with Crippen LogP contribution in [0.4, 0.5) is 0 Å². The highest BCUT2D eigenvalue weighted by Crippen LogP contribution is 2.44. The highest BCUT2D eigenvalue weighted by Gasteiger charge is 2.39. The molecule has 0 N–H and O–H groups in total. The van der Waals surface area contributed by atoms with Crippen LogP contribution in [0.5, 0.6) is 0 Å². The summed E-state index contributed by atoms with van der Waals surface area (Å²) in [6.07, 6.45) is 4.93. The maximum absolute atomic E-state index is 12.2. The minimum Gasteiger partial charge on any atom is -0.258 e. The van der Waals surface area contributed by atoms with E-state index in [4.69, 9.17) is 0 Å². The average molecular weight is 341 g/mol. The third-order valence-corrected chi connectivity index (χ3v) is 10.5. The van der Waals surface area contributed by atoms with Crippen molar-refractivity contribution in [3.63, 3.8) is 0 Å². The van der Waals surface area contributed by atoms with Gasteiger partial charge in [-0.25, -0.2) is 0 Å². The van der Waals surface area contributed by atoms with Crippen molar-refractivity contribution < 1.29 is 4.21 Å².